The number of aldehydes is 1. The van der Waals surface area contributed by atoms with Crippen molar-refractivity contribution in [2.24, 2.45) is 0 Å². The van der Waals surface area contributed by atoms with Crippen molar-refractivity contribution in [2.45, 2.75) is 6.18 Å². The van der Waals surface area contributed by atoms with E-state index in [1.54, 1.807) is 18.2 Å². The van der Waals surface area contributed by atoms with Crippen LogP contribution >= 0.6 is 0 Å². The molecule has 27 heavy (non-hydrogen) atoms. The Morgan fingerprint density at radius 3 is 2.41 bits per heavy atom. The predicted molar refractivity (Wildman–Crippen MR) is 92.5 cm³/mol. The fourth-order valence-electron chi connectivity index (χ4n) is 2.64. The Balaban J connectivity index is 2.08. The van der Waals surface area contributed by atoms with E-state index in [1.807, 2.05) is 0 Å². The van der Waals surface area contributed by atoms with Gasteiger partial charge in [0.2, 0.25) is 0 Å². The minimum absolute atomic E-state index is 0.194. The highest BCUT2D eigenvalue weighted by Crippen LogP contribution is 2.34. The zero-order valence-corrected chi connectivity index (χ0v) is 14.4. The predicted octanol–water partition coefficient (Wildman–Crippen LogP) is 4.39. The van der Waals surface area contributed by atoms with Gasteiger partial charge in [-0.3, -0.25) is 4.79 Å². The Labute approximate surface area is 152 Å². The van der Waals surface area contributed by atoms with Crippen molar-refractivity contribution in [1.29, 1.82) is 0 Å². The van der Waals surface area contributed by atoms with Gasteiger partial charge in [-0.2, -0.15) is 18.3 Å². The van der Waals surface area contributed by atoms with Gasteiger partial charge in [0.25, 0.3) is 0 Å². The van der Waals surface area contributed by atoms with Crippen LogP contribution < -0.4 is 9.47 Å². The molecule has 140 valence electrons. The van der Waals surface area contributed by atoms with Crippen molar-refractivity contribution in [3.63, 3.8) is 0 Å². The van der Waals surface area contributed by atoms with Crippen molar-refractivity contribution < 1.29 is 27.4 Å². The molecule has 0 spiro atoms. The number of aromatic nitrogens is 2. The molecule has 0 N–H and O–H groups in total. The van der Waals surface area contributed by atoms with Crippen LogP contribution in [0.3, 0.4) is 0 Å². The molecular weight excluding hydrogens is 361 g/mol. The van der Waals surface area contributed by atoms with E-state index in [0.717, 1.165) is 12.1 Å². The fraction of sp³-hybridized carbons (Fsp3) is 0.158. The largest absolute Gasteiger partial charge is 0.493 e. The molecule has 5 nitrogen and oxygen atoms in total. The second-order valence-electron chi connectivity index (χ2n) is 5.61. The van der Waals surface area contributed by atoms with Crippen LogP contribution in [-0.4, -0.2) is 30.3 Å². The fourth-order valence-corrected chi connectivity index (χ4v) is 2.64. The van der Waals surface area contributed by atoms with E-state index >= 15 is 0 Å². The van der Waals surface area contributed by atoms with Crippen molar-refractivity contribution >= 4 is 6.29 Å². The second-order valence-corrected chi connectivity index (χ2v) is 5.61. The lowest BCUT2D eigenvalue weighted by atomic mass is 10.1. The Bertz CT molecular complexity index is 981. The number of carbonyl (C=O) groups excluding carboxylic acids is 1. The van der Waals surface area contributed by atoms with E-state index in [4.69, 9.17) is 9.47 Å². The number of rotatable bonds is 5. The summed E-state index contributed by atoms with van der Waals surface area (Å²) in [5.41, 5.74) is 0.527. The molecule has 1 heterocycles. The van der Waals surface area contributed by atoms with Crippen molar-refractivity contribution in [1.82, 2.24) is 9.78 Å². The third-order valence-electron chi connectivity index (χ3n) is 3.96. The SMILES string of the molecule is COc1ccc(-c2nn(-c3cccc(C(F)(F)F)c3)cc2C=O)cc1OC. The molecule has 0 atom stereocenters. The molecular formula is C19H15F3N2O3. The molecule has 0 fully saturated rings. The summed E-state index contributed by atoms with van der Waals surface area (Å²) < 4.78 is 50.5. The van der Waals surface area contributed by atoms with E-state index in [-0.39, 0.29) is 11.3 Å². The molecule has 0 saturated heterocycles. The van der Waals surface area contributed by atoms with E-state index < -0.39 is 11.7 Å². The summed E-state index contributed by atoms with van der Waals surface area (Å²) in [7, 11) is 2.97. The van der Waals surface area contributed by atoms with Crippen LogP contribution in [0.25, 0.3) is 16.9 Å². The lowest BCUT2D eigenvalue weighted by Gasteiger charge is -2.09. The molecule has 8 heteroatoms. The van der Waals surface area contributed by atoms with E-state index in [0.29, 0.717) is 29.0 Å². The Morgan fingerprint density at radius 2 is 1.78 bits per heavy atom. The van der Waals surface area contributed by atoms with Gasteiger partial charge in [-0.1, -0.05) is 6.07 Å². The molecule has 0 aliphatic rings. The van der Waals surface area contributed by atoms with Gasteiger partial charge in [0.05, 0.1) is 31.0 Å². The number of halogens is 3. The number of hydrogen-bond donors (Lipinski definition) is 0. The van der Waals surface area contributed by atoms with Crippen LogP contribution in [0.1, 0.15) is 15.9 Å². The first kappa shape index (κ1) is 18.5. The summed E-state index contributed by atoms with van der Waals surface area (Å²) in [5, 5.41) is 4.30. The van der Waals surface area contributed by atoms with Crippen LogP contribution in [0.5, 0.6) is 11.5 Å². The highest BCUT2D eigenvalue weighted by atomic mass is 19.4. The molecule has 0 radical (unpaired) electrons. The van der Waals surface area contributed by atoms with Gasteiger partial charge in [-0.25, -0.2) is 4.68 Å². The number of hydrogen-bond acceptors (Lipinski definition) is 4. The van der Waals surface area contributed by atoms with Gasteiger partial charge in [0.1, 0.15) is 5.69 Å². The average Bonchev–Trinajstić information content (AvgIpc) is 3.11. The summed E-state index contributed by atoms with van der Waals surface area (Å²) in [6.07, 6.45) is -2.49. The number of methoxy groups -OCH3 is 2. The molecule has 0 aliphatic heterocycles. The zero-order valence-electron chi connectivity index (χ0n) is 14.4. The maximum Gasteiger partial charge on any atom is 0.416 e. The molecule has 1 aromatic heterocycles. The first-order valence-corrected chi connectivity index (χ1v) is 7.82. The van der Waals surface area contributed by atoms with E-state index in [9.17, 15) is 18.0 Å². The monoisotopic (exact) mass is 376 g/mol. The van der Waals surface area contributed by atoms with Gasteiger partial charge >= 0.3 is 6.18 Å². The number of alkyl halides is 3. The van der Waals surface area contributed by atoms with Gasteiger partial charge in [0, 0.05) is 11.8 Å². The van der Waals surface area contributed by atoms with E-state index in [1.165, 1.54) is 37.2 Å². The van der Waals surface area contributed by atoms with Crippen LogP contribution in [0.2, 0.25) is 0 Å². The summed E-state index contributed by atoms with van der Waals surface area (Å²) in [5.74, 6) is 0.951. The maximum absolute atomic E-state index is 12.9. The Hall–Kier alpha value is -3.29. The third-order valence-corrected chi connectivity index (χ3v) is 3.96. The second kappa shape index (κ2) is 7.14. The van der Waals surface area contributed by atoms with Crippen LogP contribution in [0, 0.1) is 0 Å². The number of benzene rings is 2. The number of nitrogens with zero attached hydrogens (tertiary/aromatic N) is 2. The number of ether oxygens (including phenoxy) is 2. The van der Waals surface area contributed by atoms with Crippen LogP contribution in [0.4, 0.5) is 13.2 Å². The molecule has 3 rings (SSSR count). The summed E-state index contributed by atoms with van der Waals surface area (Å²) >= 11 is 0. The quantitative estimate of drug-likeness (QED) is 0.620. The lowest BCUT2D eigenvalue weighted by molar-refractivity contribution is -0.137. The average molecular weight is 376 g/mol. The minimum atomic E-state index is -4.47. The first-order chi connectivity index (χ1) is 12.9. The number of carbonyl (C=O) groups is 1. The zero-order chi connectivity index (χ0) is 19.6. The summed E-state index contributed by atoms with van der Waals surface area (Å²) in [6.45, 7) is 0. The normalized spacial score (nSPS) is 11.3. The Kier molecular flexibility index (Phi) is 4.89. The molecule has 0 amide bonds. The third kappa shape index (κ3) is 3.64. The molecule has 0 aliphatic carbocycles. The van der Waals surface area contributed by atoms with Gasteiger partial charge in [0.15, 0.2) is 17.8 Å². The van der Waals surface area contributed by atoms with Gasteiger partial charge in [-0.05, 0) is 36.4 Å². The molecule has 0 bridgehead atoms. The minimum Gasteiger partial charge on any atom is -0.493 e. The molecule has 0 saturated carbocycles. The van der Waals surface area contributed by atoms with Gasteiger partial charge < -0.3 is 9.47 Å². The summed E-state index contributed by atoms with van der Waals surface area (Å²) in [6, 6.07) is 9.71. The van der Waals surface area contributed by atoms with Crippen molar-refractivity contribution in [3.8, 4) is 28.4 Å². The van der Waals surface area contributed by atoms with E-state index in [2.05, 4.69) is 5.10 Å². The highest BCUT2D eigenvalue weighted by Gasteiger charge is 2.30. The topological polar surface area (TPSA) is 53.4 Å². The van der Waals surface area contributed by atoms with Crippen molar-refractivity contribution in [3.05, 3.63) is 59.8 Å². The van der Waals surface area contributed by atoms with Crippen molar-refractivity contribution in [2.75, 3.05) is 14.2 Å². The summed E-state index contributed by atoms with van der Waals surface area (Å²) in [4.78, 5) is 11.5. The van der Waals surface area contributed by atoms with Crippen LogP contribution in [-0.2, 0) is 6.18 Å². The molecule has 0 unspecified atom stereocenters. The highest BCUT2D eigenvalue weighted by molar-refractivity contribution is 5.86. The molecule has 3 aromatic rings. The lowest BCUT2D eigenvalue weighted by Crippen LogP contribution is -2.06. The van der Waals surface area contributed by atoms with Crippen LogP contribution in [0.15, 0.2) is 48.7 Å². The molecule has 2 aromatic carbocycles. The standard InChI is InChI=1S/C19H15F3N2O3/c1-26-16-7-6-12(8-17(16)27-2)18-13(11-25)10-24(23-18)15-5-3-4-14(9-15)19(20,21)22/h3-11H,1-2H3. The first-order valence-electron chi connectivity index (χ1n) is 7.82. The maximum atomic E-state index is 12.9. The van der Waals surface area contributed by atoms with Gasteiger partial charge in [-0.15, -0.1) is 0 Å². The smallest absolute Gasteiger partial charge is 0.416 e. The Morgan fingerprint density at radius 1 is 1.04 bits per heavy atom.